The highest BCUT2D eigenvalue weighted by molar-refractivity contribution is 5.55. The predicted molar refractivity (Wildman–Crippen MR) is 111 cm³/mol. The lowest BCUT2D eigenvalue weighted by Crippen LogP contribution is -1.95. The van der Waals surface area contributed by atoms with E-state index < -0.39 is 0 Å². The fraction of sp³-hybridized carbons (Fsp3) is 0.625. The number of hydrogen-bond donors (Lipinski definition) is 0. The highest BCUT2D eigenvalue weighted by Crippen LogP contribution is 2.12. The summed E-state index contributed by atoms with van der Waals surface area (Å²) in [7, 11) is 0. The number of aldehydes is 1. The van der Waals surface area contributed by atoms with Crippen LogP contribution in [-0.4, -0.2) is 12.9 Å². The van der Waals surface area contributed by atoms with E-state index in [4.69, 9.17) is 4.74 Å². The maximum absolute atomic E-state index is 10.5. The van der Waals surface area contributed by atoms with Crippen LogP contribution in [0.15, 0.2) is 42.5 Å². The van der Waals surface area contributed by atoms with Gasteiger partial charge < -0.3 is 9.53 Å². The fourth-order valence-corrected chi connectivity index (χ4v) is 3.00. The first-order valence-electron chi connectivity index (χ1n) is 10.6. The first kappa shape index (κ1) is 22.6. The standard InChI is InChI=1S/C24H38O2/c1-23(21-25)17-13-10-8-6-4-2-3-5-7-9-11-16-20-26-22-24-18-14-12-15-19-24/h12-15,17-19,21,23H,2-11,16,20,22H2,1H3/b17-13+. The van der Waals surface area contributed by atoms with E-state index in [1.54, 1.807) is 0 Å². The lowest BCUT2D eigenvalue weighted by molar-refractivity contribution is -0.109. The van der Waals surface area contributed by atoms with Gasteiger partial charge in [-0.15, -0.1) is 0 Å². The molecule has 0 amide bonds. The van der Waals surface area contributed by atoms with Gasteiger partial charge >= 0.3 is 0 Å². The molecule has 1 unspecified atom stereocenters. The highest BCUT2D eigenvalue weighted by Gasteiger charge is 1.95. The summed E-state index contributed by atoms with van der Waals surface area (Å²) in [5, 5.41) is 0. The Labute approximate surface area is 161 Å². The summed E-state index contributed by atoms with van der Waals surface area (Å²) in [6.07, 6.45) is 19.5. The largest absolute Gasteiger partial charge is 0.377 e. The third-order valence-electron chi connectivity index (χ3n) is 4.68. The van der Waals surface area contributed by atoms with Crippen LogP contribution in [-0.2, 0) is 16.1 Å². The number of ether oxygens (including phenoxy) is 1. The molecule has 26 heavy (non-hydrogen) atoms. The Morgan fingerprint density at radius 1 is 0.846 bits per heavy atom. The van der Waals surface area contributed by atoms with Crippen molar-refractivity contribution >= 4 is 6.29 Å². The van der Waals surface area contributed by atoms with Crippen LogP contribution in [0.4, 0.5) is 0 Å². The van der Waals surface area contributed by atoms with Gasteiger partial charge in [-0.1, -0.05) is 101 Å². The van der Waals surface area contributed by atoms with E-state index in [9.17, 15) is 4.79 Å². The SMILES string of the molecule is CC(C=O)/C=C/CCCCCCCCCCCCOCc1ccccc1. The smallest absolute Gasteiger partial charge is 0.126 e. The van der Waals surface area contributed by atoms with Gasteiger partial charge in [-0.2, -0.15) is 0 Å². The topological polar surface area (TPSA) is 26.3 Å². The molecule has 0 aromatic heterocycles. The number of carbonyl (C=O) groups excluding carboxylic acids is 1. The van der Waals surface area contributed by atoms with Crippen molar-refractivity contribution in [1.82, 2.24) is 0 Å². The molecular weight excluding hydrogens is 320 g/mol. The van der Waals surface area contributed by atoms with Crippen LogP contribution in [0.25, 0.3) is 0 Å². The van der Waals surface area contributed by atoms with Crippen molar-refractivity contribution in [2.45, 2.75) is 84.2 Å². The van der Waals surface area contributed by atoms with Crippen LogP contribution in [0.3, 0.4) is 0 Å². The van der Waals surface area contributed by atoms with Crippen LogP contribution in [0.1, 0.15) is 83.1 Å². The van der Waals surface area contributed by atoms with Gasteiger partial charge in [0, 0.05) is 12.5 Å². The molecule has 2 heteroatoms. The number of hydrogen-bond acceptors (Lipinski definition) is 2. The molecule has 0 aliphatic rings. The van der Waals surface area contributed by atoms with Gasteiger partial charge in [-0.3, -0.25) is 0 Å². The summed E-state index contributed by atoms with van der Waals surface area (Å²) in [5.74, 6) is 0.0745. The van der Waals surface area contributed by atoms with Crippen LogP contribution < -0.4 is 0 Å². The molecule has 146 valence electrons. The second-order valence-corrected chi connectivity index (χ2v) is 7.29. The summed E-state index contributed by atoms with van der Waals surface area (Å²) in [6, 6.07) is 10.4. The summed E-state index contributed by atoms with van der Waals surface area (Å²) in [4.78, 5) is 10.5. The molecule has 0 saturated heterocycles. The lowest BCUT2D eigenvalue weighted by Gasteiger charge is -2.05. The van der Waals surface area contributed by atoms with E-state index in [-0.39, 0.29) is 5.92 Å². The Hall–Kier alpha value is -1.41. The minimum Gasteiger partial charge on any atom is -0.377 e. The molecule has 0 saturated carbocycles. The van der Waals surface area contributed by atoms with Gasteiger partial charge in [0.25, 0.3) is 0 Å². The van der Waals surface area contributed by atoms with Crippen LogP contribution in [0.5, 0.6) is 0 Å². The van der Waals surface area contributed by atoms with Crippen molar-refractivity contribution in [2.75, 3.05) is 6.61 Å². The van der Waals surface area contributed by atoms with E-state index in [0.29, 0.717) is 0 Å². The average Bonchev–Trinajstić information content (AvgIpc) is 2.68. The average molecular weight is 359 g/mol. The molecular formula is C24H38O2. The zero-order valence-corrected chi connectivity index (χ0v) is 16.7. The molecule has 0 aliphatic heterocycles. The Morgan fingerprint density at radius 3 is 2.04 bits per heavy atom. The molecule has 1 aromatic rings. The van der Waals surface area contributed by atoms with Crippen molar-refractivity contribution in [2.24, 2.45) is 5.92 Å². The molecule has 0 aliphatic carbocycles. The fourth-order valence-electron chi connectivity index (χ4n) is 3.00. The Kier molecular flexibility index (Phi) is 14.8. The zero-order chi connectivity index (χ0) is 18.7. The first-order valence-corrected chi connectivity index (χ1v) is 10.6. The molecule has 0 radical (unpaired) electrons. The molecule has 0 N–H and O–H groups in total. The van der Waals surface area contributed by atoms with Gasteiger partial charge in [0.1, 0.15) is 6.29 Å². The van der Waals surface area contributed by atoms with Gasteiger partial charge in [0.05, 0.1) is 6.61 Å². The van der Waals surface area contributed by atoms with Crippen molar-refractivity contribution in [1.29, 1.82) is 0 Å². The Morgan fingerprint density at radius 2 is 1.42 bits per heavy atom. The third-order valence-corrected chi connectivity index (χ3v) is 4.68. The van der Waals surface area contributed by atoms with Gasteiger partial charge in [0.15, 0.2) is 0 Å². The van der Waals surface area contributed by atoms with Gasteiger partial charge in [-0.25, -0.2) is 0 Å². The number of rotatable bonds is 17. The van der Waals surface area contributed by atoms with E-state index in [0.717, 1.165) is 25.9 Å². The second-order valence-electron chi connectivity index (χ2n) is 7.29. The normalized spacial score (nSPS) is 12.5. The summed E-state index contributed by atoms with van der Waals surface area (Å²) in [6.45, 7) is 3.56. The summed E-state index contributed by atoms with van der Waals surface area (Å²) >= 11 is 0. The van der Waals surface area contributed by atoms with Gasteiger partial charge in [0.2, 0.25) is 0 Å². The molecule has 0 heterocycles. The minimum atomic E-state index is 0.0745. The predicted octanol–water partition coefficient (Wildman–Crippen LogP) is 6.89. The van der Waals surface area contributed by atoms with E-state index in [1.165, 1.54) is 69.8 Å². The summed E-state index contributed by atoms with van der Waals surface area (Å²) in [5.41, 5.74) is 1.26. The number of benzene rings is 1. The number of unbranched alkanes of at least 4 members (excludes halogenated alkanes) is 10. The Balaban J connectivity index is 1.74. The maximum Gasteiger partial charge on any atom is 0.126 e. The maximum atomic E-state index is 10.5. The molecule has 1 atom stereocenters. The van der Waals surface area contributed by atoms with Crippen molar-refractivity contribution in [3.05, 3.63) is 48.0 Å². The van der Waals surface area contributed by atoms with Crippen LogP contribution >= 0.6 is 0 Å². The minimum absolute atomic E-state index is 0.0745. The summed E-state index contributed by atoms with van der Waals surface area (Å²) < 4.78 is 5.72. The molecule has 0 bridgehead atoms. The monoisotopic (exact) mass is 358 g/mol. The molecule has 1 aromatic carbocycles. The number of carbonyl (C=O) groups is 1. The highest BCUT2D eigenvalue weighted by atomic mass is 16.5. The Bertz CT molecular complexity index is 453. The second kappa shape index (κ2) is 17.0. The van der Waals surface area contributed by atoms with Gasteiger partial charge in [-0.05, 0) is 24.8 Å². The lowest BCUT2D eigenvalue weighted by atomic mass is 10.1. The van der Waals surface area contributed by atoms with Crippen molar-refractivity contribution in [3.63, 3.8) is 0 Å². The van der Waals surface area contributed by atoms with E-state index >= 15 is 0 Å². The zero-order valence-electron chi connectivity index (χ0n) is 16.7. The third kappa shape index (κ3) is 13.8. The quantitative estimate of drug-likeness (QED) is 0.172. The number of allylic oxidation sites excluding steroid dienone is 2. The molecule has 0 fully saturated rings. The van der Waals surface area contributed by atoms with Crippen LogP contribution in [0.2, 0.25) is 0 Å². The molecule has 0 spiro atoms. The van der Waals surface area contributed by atoms with Crippen molar-refractivity contribution < 1.29 is 9.53 Å². The van der Waals surface area contributed by atoms with E-state index in [2.05, 4.69) is 30.3 Å². The molecule has 2 nitrogen and oxygen atoms in total. The van der Waals surface area contributed by atoms with E-state index in [1.807, 2.05) is 19.1 Å². The first-order chi connectivity index (χ1) is 12.8. The van der Waals surface area contributed by atoms with Crippen LogP contribution in [0, 0.1) is 5.92 Å². The van der Waals surface area contributed by atoms with Crippen molar-refractivity contribution in [3.8, 4) is 0 Å². The molecule has 1 rings (SSSR count).